The van der Waals surface area contributed by atoms with Gasteiger partial charge in [-0.25, -0.2) is 0 Å². The van der Waals surface area contributed by atoms with Gasteiger partial charge in [0, 0.05) is 55.7 Å². The number of H-pyrrole nitrogens is 1. The number of carboxylic acid groups (broad SMARTS) is 1. The third-order valence-corrected chi connectivity index (χ3v) is 18.3. The number of aromatic nitrogens is 1. The molecule has 17 N–H and O–H groups in total. The number of fused-ring (bicyclic) bond motifs is 1. The fourth-order valence-corrected chi connectivity index (χ4v) is 12.0. The van der Waals surface area contributed by atoms with Gasteiger partial charge in [0.2, 0.25) is 70.6 Å². The molecular weight excluding hydrogens is 1280 g/mol. The fraction of sp³-hybridized carbons (Fsp3) is 0.571. The Balaban J connectivity index is 1.54. The van der Waals surface area contributed by atoms with Gasteiger partial charge in [0.15, 0.2) is 0 Å². The highest BCUT2D eigenvalue weighted by molar-refractivity contribution is 6.41. The van der Waals surface area contributed by atoms with Crippen LogP contribution in [0.2, 0.25) is 0 Å². The van der Waals surface area contributed by atoms with Gasteiger partial charge in [-0.15, -0.1) is 0 Å². The van der Waals surface area contributed by atoms with E-state index in [1.165, 1.54) is 58.9 Å². The normalized spacial score (nSPS) is 24.9. The largest absolute Gasteiger partial charge is 0.508 e. The van der Waals surface area contributed by atoms with Crippen LogP contribution in [0, 0.1) is 17.3 Å². The summed E-state index contributed by atoms with van der Waals surface area (Å²) in [6.07, 6.45) is 9.52. The molecule has 0 saturated heterocycles. The Bertz CT molecular complexity index is 3410. The van der Waals surface area contributed by atoms with Crippen molar-refractivity contribution in [1.82, 2.24) is 52.8 Å². The summed E-state index contributed by atoms with van der Waals surface area (Å²) in [5.74, 6) is -13.6. The van der Waals surface area contributed by atoms with E-state index in [4.69, 9.17) is 11.5 Å². The molecule has 3 aromatic rings. The first-order valence-corrected chi connectivity index (χ1v) is 34.0. The van der Waals surface area contributed by atoms with Crippen LogP contribution < -0.4 is 59.3 Å². The van der Waals surface area contributed by atoms with E-state index in [9.17, 15) is 82.4 Å². The number of hydrogen-bond acceptors (Lipinski definition) is 17. The average molecular weight is 1380 g/mol. The third-order valence-electron chi connectivity index (χ3n) is 18.3. The molecule has 2 aromatic carbocycles. The Morgan fingerprint density at radius 2 is 1.28 bits per heavy atom. The summed E-state index contributed by atoms with van der Waals surface area (Å²) >= 11 is 0. The van der Waals surface area contributed by atoms with E-state index >= 15 is 0 Å². The SMILES string of the molecule is CC(=O)C[C@]1(C)CCCCCC/C=C/CCC[C@@](C)(C(=O)NC(CO)C(=O)N[C@@H](C)C(=O)NC(C)C(N)=O)NC(=O)[C@H](CC2CCC2)CN[C@@H](CCC(N)=O)C(=O)C(=O)C(C)NC(=O)[C@H](Cc2c[nH]c3ccccc23)NC(=O)C(Cc2ccc(O)cc2)NC(=O)[C@H](CCC(=O)O)NC1=O. The summed E-state index contributed by atoms with van der Waals surface area (Å²) in [6.45, 7) is 6.99. The number of aromatic hydroxyl groups is 1. The Hall–Kier alpha value is -9.38. The van der Waals surface area contributed by atoms with E-state index in [0.29, 0.717) is 67.0 Å². The predicted molar refractivity (Wildman–Crippen MR) is 364 cm³/mol. The average Bonchev–Trinajstić information content (AvgIpc) is 1.80. The lowest BCUT2D eigenvalue weighted by Crippen LogP contribution is -2.63. The maximum atomic E-state index is 14.9. The minimum Gasteiger partial charge on any atom is -0.508 e. The second kappa shape index (κ2) is 38.7. The van der Waals surface area contributed by atoms with Crippen LogP contribution in [-0.2, 0) is 80.0 Å². The number of phenolic OH excluding ortho intramolecular Hbond substituents is 1. The first-order valence-electron chi connectivity index (χ1n) is 34.0. The number of aromatic amines is 1. The molecule has 2 heterocycles. The number of aliphatic hydroxyl groups excluding tert-OH is 1. The summed E-state index contributed by atoms with van der Waals surface area (Å²) < 4.78 is 0. The number of para-hydroxylation sites is 1. The Kier molecular flexibility index (Phi) is 31.4. The number of amides is 10. The van der Waals surface area contributed by atoms with Crippen LogP contribution in [0.15, 0.2) is 66.9 Å². The van der Waals surface area contributed by atoms with E-state index in [0.717, 1.165) is 19.3 Å². The van der Waals surface area contributed by atoms with Gasteiger partial charge in [0.1, 0.15) is 53.3 Å². The van der Waals surface area contributed by atoms with Crippen molar-refractivity contribution in [3.8, 4) is 5.75 Å². The molecule has 0 bridgehead atoms. The second-order valence-electron chi connectivity index (χ2n) is 26.8. The van der Waals surface area contributed by atoms with E-state index in [1.807, 2.05) is 12.2 Å². The number of carbonyl (C=O) groups is 14. The number of nitrogens with two attached hydrogens (primary N) is 2. The maximum Gasteiger partial charge on any atom is 0.303 e. The summed E-state index contributed by atoms with van der Waals surface area (Å²) in [7, 11) is 0. The topological polar surface area (TPSA) is 476 Å². The van der Waals surface area contributed by atoms with Crippen molar-refractivity contribution in [3.05, 3.63) is 78.0 Å². The van der Waals surface area contributed by atoms with Gasteiger partial charge in [-0.2, -0.15) is 0 Å². The van der Waals surface area contributed by atoms with Crippen molar-refractivity contribution >= 4 is 93.3 Å². The summed E-state index contributed by atoms with van der Waals surface area (Å²) in [6, 6.07) is 0.895. The second-order valence-corrected chi connectivity index (χ2v) is 26.8. The van der Waals surface area contributed by atoms with Crippen molar-refractivity contribution < 1.29 is 82.4 Å². The Morgan fingerprint density at radius 1 is 0.667 bits per heavy atom. The first-order chi connectivity index (χ1) is 46.8. The molecule has 4 unspecified atom stereocenters. The zero-order valence-electron chi connectivity index (χ0n) is 57.4. The molecule has 11 atom stereocenters. The van der Waals surface area contributed by atoms with E-state index in [-0.39, 0.29) is 68.9 Å². The molecule has 0 radical (unpaired) electrons. The predicted octanol–water partition coefficient (Wildman–Crippen LogP) is 1.56. The van der Waals surface area contributed by atoms with Crippen LogP contribution in [0.25, 0.3) is 10.9 Å². The van der Waals surface area contributed by atoms with E-state index < -0.39 is 168 Å². The highest BCUT2D eigenvalue weighted by atomic mass is 16.4. The number of Topliss-reactive ketones (excluding diaryl/α,β-unsaturated/α-hetero) is 3. The number of ketones is 3. The molecule has 542 valence electrons. The van der Waals surface area contributed by atoms with Gasteiger partial charge in [0.05, 0.1) is 30.0 Å². The molecule has 10 amide bonds. The molecule has 99 heavy (non-hydrogen) atoms. The van der Waals surface area contributed by atoms with Crippen LogP contribution >= 0.6 is 0 Å². The zero-order valence-corrected chi connectivity index (χ0v) is 57.4. The molecule has 1 aliphatic heterocycles. The highest BCUT2D eigenvalue weighted by Crippen LogP contribution is 2.34. The number of phenols is 1. The van der Waals surface area contributed by atoms with Crippen molar-refractivity contribution in [2.75, 3.05) is 13.2 Å². The van der Waals surface area contributed by atoms with Crippen molar-refractivity contribution in [2.24, 2.45) is 28.7 Å². The first kappa shape index (κ1) is 80.3. The summed E-state index contributed by atoms with van der Waals surface area (Å²) in [5, 5.41) is 54.9. The van der Waals surface area contributed by atoms with Crippen LogP contribution in [0.4, 0.5) is 0 Å². The number of aliphatic hydroxyl groups is 1. The molecule has 1 fully saturated rings. The van der Waals surface area contributed by atoms with Gasteiger partial charge in [-0.1, -0.05) is 87.9 Å². The van der Waals surface area contributed by atoms with E-state index in [2.05, 4.69) is 52.8 Å². The molecule has 2 aliphatic rings. The molecule has 1 aromatic heterocycles. The minimum atomic E-state index is -1.79. The highest BCUT2D eigenvalue weighted by Gasteiger charge is 2.42. The summed E-state index contributed by atoms with van der Waals surface area (Å²) in [5.41, 5.74) is 9.27. The molecule has 0 spiro atoms. The standard InChI is InChI=1S/C70H100N12O17/c1-40(84)36-69(5)31-16-12-10-8-7-9-11-13-17-32-70(6,68(99)81-55(39-83)66(97)77-43(4)61(92)76-42(3)60(72)91)82-62(93)47(33-44-19-18-20-44)38-74-51(27-29-56(71)86)59(90)58(89)41(2)75-64(95)54(35-46-37-73-50-22-15-14-21-49(46)50)79-65(96)53(34-45-23-25-48(85)26-24-45)78-63(94)52(80-67(69)98)28-30-57(87)88/h9,11,14-15,21-26,37,41-44,47,51-55,73-74,83,85H,7-8,10,12-13,16-20,27-36,38-39H2,1-6H3,(H2,71,86)(H2,72,91)(H,75,95)(H,76,92)(H,77,97)(H,78,94)(H,79,96)(H,80,98)(H,81,99)(H,82,93)(H,87,88)/b11-9+/t41?,42?,43-,47+,51-,52-,53?,54-,55?,69-,70-/m0/s1. The van der Waals surface area contributed by atoms with Crippen LogP contribution in [0.3, 0.4) is 0 Å². The lowest BCUT2D eigenvalue weighted by molar-refractivity contribution is -0.140. The fourth-order valence-electron chi connectivity index (χ4n) is 12.0. The number of rotatable bonds is 22. The van der Waals surface area contributed by atoms with E-state index in [1.54, 1.807) is 37.4 Å². The third kappa shape index (κ3) is 25.5. The number of aliphatic carboxylic acids is 1. The molecule has 5 rings (SSSR count). The zero-order chi connectivity index (χ0) is 73.1. The number of benzene rings is 2. The number of primary amides is 2. The number of carbonyl (C=O) groups excluding carboxylic acids is 13. The minimum absolute atomic E-state index is 0.0236. The van der Waals surface area contributed by atoms with Gasteiger partial charge >= 0.3 is 5.97 Å². The van der Waals surface area contributed by atoms with Crippen molar-refractivity contribution in [2.45, 2.75) is 224 Å². The van der Waals surface area contributed by atoms with Gasteiger partial charge in [-0.3, -0.25) is 67.1 Å². The van der Waals surface area contributed by atoms with Gasteiger partial charge in [-0.05, 0) is 128 Å². The lowest BCUT2D eigenvalue weighted by atomic mass is 9.78. The van der Waals surface area contributed by atoms with Gasteiger partial charge < -0.3 is 79.6 Å². The molecule has 1 saturated carbocycles. The molecule has 29 heteroatoms. The Labute approximate surface area is 575 Å². The van der Waals surface area contributed by atoms with Crippen molar-refractivity contribution in [1.29, 1.82) is 0 Å². The Morgan fingerprint density at radius 3 is 1.91 bits per heavy atom. The number of carboxylic acids is 1. The molecule has 1 aliphatic carbocycles. The van der Waals surface area contributed by atoms with Crippen LogP contribution in [0.5, 0.6) is 5.75 Å². The maximum absolute atomic E-state index is 14.9. The van der Waals surface area contributed by atoms with Crippen LogP contribution in [0.1, 0.15) is 168 Å². The van der Waals surface area contributed by atoms with Crippen molar-refractivity contribution in [3.63, 3.8) is 0 Å². The number of nitrogens with one attached hydrogen (secondary N) is 10. The monoisotopic (exact) mass is 1380 g/mol. The number of allylic oxidation sites excluding steroid dienone is 2. The van der Waals surface area contributed by atoms with Gasteiger partial charge in [0.25, 0.3) is 0 Å². The smallest absolute Gasteiger partial charge is 0.303 e. The molecule has 29 nitrogen and oxygen atoms in total. The number of hydrogen-bond donors (Lipinski definition) is 15. The molecular formula is C70H100N12O17. The lowest BCUT2D eigenvalue weighted by Gasteiger charge is -2.35. The quantitative estimate of drug-likeness (QED) is 0.0501. The summed E-state index contributed by atoms with van der Waals surface area (Å²) in [4.78, 5) is 196. The van der Waals surface area contributed by atoms with Crippen LogP contribution in [-0.4, -0.2) is 170 Å².